The number of nitrogens with one attached hydrogen (secondary N) is 1. The molecule has 2 N–H and O–H groups in total. The SMILES string of the molecule is CCOC(=O)ON1CCN(C(=O)[C@H](Cc2ccc(OCC(=O)O)cc2)NC(=O)c2cc(OC3CCCC3)nc(-c3ccccc3)n2)CC1. The summed E-state index contributed by atoms with van der Waals surface area (Å²) in [5.74, 6) is -1.03. The zero-order chi connectivity index (χ0) is 33.9. The van der Waals surface area contributed by atoms with Crippen molar-refractivity contribution in [1.82, 2.24) is 25.2 Å². The summed E-state index contributed by atoms with van der Waals surface area (Å²) >= 11 is 0. The Kier molecular flexibility index (Phi) is 11.8. The predicted octanol–water partition coefficient (Wildman–Crippen LogP) is 3.50. The zero-order valence-electron chi connectivity index (χ0n) is 26.7. The molecule has 0 radical (unpaired) electrons. The van der Waals surface area contributed by atoms with Crippen molar-refractivity contribution in [3.8, 4) is 23.0 Å². The number of ether oxygens (including phenoxy) is 3. The minimum absolute atomic E-state index is 0.00249. The molecule has 14 heteroatoms. The Hall–Kier alpha value is -5.24. The van der Waals surface area contributed by atoms with Gasteiger partial charge in [-0.2, -0.15) is 4.98 Å². The maximum Gasteiger partial charge on any atom is 0.527 e. The standard InChI is InChI=1S/C34H39N5O9/c1-2-45-34(44)48-39-18-16-38(17-19-39)33(43)28(20-23-12-14-25(15-13-23)46-22-30(40)41)36-32(42)27-21-29(47-26-10-6-7-11-26)37-31(35-27)24-8-4-3-5-9-24/h3-5,8-9,12-15,21,26,28H,2,6-7,10-11,16-20,22H2,1H3,(H,36,42)(H,40,41)/t28-/m0/s1. The molecule has 3 aromatic rings. The largest absolute Gasteiger partial charge is 0.527 e. The highest BCUT2D eigenvalue weighted by Gasteiger charge is 2.31. The van der Waals surface area contributed by atoms with Gasteiger partial charge in [0.05, 0.1) is 19.7 Å². The third kappa shape index (κ3) is 9.64. The van der Waals surface area contributed by atoms with Crippen LogP contribution in [0, 0.1) is 0 Å². The lowest BCUT2D eigenvalue weighted by Gasteiger charge is -2.35. The fourth-order valence-corrected chi connectivity index (χ4v) is 5.50. The second-order valence-corrected chi connectivity index (χ2v) is 11.4. The number of piperazine rings is 1. The molecule has 1 saturated carbocycles. The van der Waals surface area contributed by atoms with E-state index in [9.17, 15) is 19.2 Å². The first-order chi connectivity index (χ1) is 23.3. The van der Waals surface area contributed by atoms with Gasteiger partial charge in [0.25, 0.3) is 5.91 Å². The minimum atomic E-state index is -1.10. The number of hydrogen-bond donors (Lipinski definition) is 2. The first-order valence-corrected chi connectivity index (χ1v) is 16.0. The van der Waals surface area contributed by atoms with Crippen LogP contribution >= 0.6 is 0 Å². The quantitative estimate of drug-likeness (QED) is 0.256. The Morgan fingerprint density at radius 2 is 1.67 bits per heavy atom. The second-order valence-electron chi connectivity index (χ2n) is 11.4. The van der Waals surface area contributed by atoms with Gasteiger partial charge in [-0.1, -0.05) is 42.5 Å². The van der Waals surface area contributed by atoms with Crippen molar-refractivity contribution in [2.24, 2.45) is 0 Å². The van der Waals surface area contributed by atoms with Gasteiger partial charge in [0, 0.05) is 31.1 Å². The molecular formula is C34H39N5O9. The van der Waals surface area contributed by atoms with Crippen LogP contribution in [0.2, 0.25) is 0 Å². The number of aliphatic carboxylic acids is 1. The molecule has 1 saturated heterocycles. The highest BCUT2D eigenvalue weighted by Crippen LogP contribution is 2.26. The maximum absolute atomic E-state index is 13.9. The molecule has 0 unspecified atom stereocenters. The van der Waals surface area contributed by atoms with Crippen LogP contribution in [0.1, 0.15) is 48.7 Å². The summed E-state index contributed by atoms with van der Waals surface area (Å²) in [6.45, 7) is 2.38. The normalized spacial score (nSPS) is 15.7. The van der Waals surface area contributed by atoms with E-state index in [4.69, 9.17) is 24.2 Å². The molecule has 2 heterocycles. The first kappa shape index (κ1) is 34.1. The molecule has 2 amide bonds. The van der Waals surface area contributed by atoms with Crippen molar-refractivity contribution in [2.45, 2.75) is 51.2 Å². The van der Waals surface area contributed by atoms with Gasteiger partial charge in [-0.05, 0) is 50.3 Å². The van der Waals surface area contributed by atoms with Gasteiger partial charge in [-0.15, -0.1) is 5.06 Å². The summed E-state index contributed by atoms with van der Waals surface area (Å²) < 4.78 is 16.2. The summed E-state index contributed by atoms with van der Waals surface area (Å²) in [5, 5.41) is 13.2. The van der Waals surface area contributed by atoms with E-state index in [0.29, 0.717) is 28.6 Å². The molecule has 1 atom stereocenters. The molecule has 254 valence electrons. The van der Waals surface area contributed by atoms with E-state index >= 15 is 0 Å². The van der Waals surface area contributed by atoms with Crippen molar-refractivity contribution in [2.75, 3.05) is 39.4 Å². The molecule has 0 bridgehead atoms. The van der Waals surface area contributed by atoms with E-state index in [-0.39, 0.29) is 56.9 Å². The van der Waals surface area contributed by atoms with Crippen LogP contribution in [0.4, 0.5) is 4.79 Å². The van der Waals surface area contributed by atoms with Crippen molar-refractivity contribution in [3.63, 3.8) is 0 Å². The summed E-state index contributed by atoms with van der Waals surface area (Å²) in [5.41, 5.74) is 1.47. The van der Waals surface area contributed by atoms with E-state index in [1.807, 2.05) is 30.3 Å². The average Bonchev–Trinajstić information content (AvgIpc) is 3.61. The molecule has 2 aromatic carbocycles. The molecule has 2 fully saturated rings. The number of carbonyl (C=O) groups excluding carboxylic acids is 3. The van der Waals surface area contributed by atoms with Crippen molar-refractivity contribution in [3.05, 3.63) is 71.9 Å². The highest BCUT2D eigenvalue weighted by molar-refractivity contribution is 5.96. The Morgan fingerprint density at radius 1 is 0.958 bits per heavy atom. The Bertz CT molecular complexity index is 1560. The molecule has 2 aliphatic rings. The lowest BCUT2D eigenvalue weighted by atomic mass is 10.0. The molecule has 1 aliphatic carbocycles. The number of carboxylic acids is 1. The molecular weight excluding hydrogens is 622 g/mol. The summed E-state index contributed by atoms with van der Waals surface area (Å²) in [4.78, 5) is 66.4. The van der Waals surface area contributed by atoms with Crippen molar-refractivity contribution >= 4 is 23.9 Å². The summed E-state index contributed by atoms with van der Waals surface area (Å²) in [6, 6.07) is 16.4. The summed E-state index contributed by atoms with van der Waals surface area (Å²) in [7, 11) is 0. The highest BCUT2D eigenvalue weighted by atomic mass is 16.8. The predicted molar refractivity (Wildman–Crippen MR) is 171 cm³/mol. The lowest BCUT2D eigenvalue weighted by molar-refractivity contribution is -0.157. The van der Waals surface area contributed by atoms with Crippen LogP contribution in [0.3, 0.4) is 0 Å². The average molecular weight is 662 g/mol. The fourth-order valence-electron chi connectivity index (χ4n) is 5.50. The number of hydroxylamine groups is 2. The van der Waals surface area contributed by atoms with Gasteiger partial charge in [0.2, 0.25) is 11.8 Å². The number of amides is 2. The first-order valence-electron chi connectivity index (χ1n) is 16.0. The third-order valence-corrected chi connectivity index (χ3v) is 7.90. The number of hydrogen-bond acceptors (Lipinski definition) is 11. The Balaban J connectivity index is 1.36. The molecule has 0 spiro atoms. The van der Waals surface area contributed by atoms with Crippen molar-refractivity contribution in [1.29, 1.82) is 0 Å². The van der Waals surface area contributed by atoms with E-state index in [2.05, 4.69) is 15.3 Å². The monoisotopic (exact) mass is 661 g/mol. The molecule has 14 nitrogen and oxygen atoms in total. The van der Waals surface area contributed by atoms with Gasteiger partial charge < -0.3 is 34.4 Å². The number of nitrogens with zero attached hydrogens (tertiary/aromatic N) is 4. The molecule has 1 aliphatic heterocycles. The second kappa shape index (κ2) is 16.5. The van der Waals surface area contributed by atoms with Crippen LogP contribution in [0.15, 0.2) is 60.7 Å². The van der Waals surface area contributed by atoms with E-state index < -0.39 is 30.7 Å². The van der Waals surface area contributed by atoms with Crippen molar-refractivity contribution < 1.29 is 43.3 Å². The molecule has 5 rings (SSSR count). The number of carbonyl (C=O) groups is 4. The number of carboxylic acid groups (broad SMARTS) is 1. The minimum Gasteiger partial charge on any atom is -0.482 e. The van der Waals surface area contributed by atoms with Gasteiger partial charge in [-0.25, -0.2) is 14.6 Å². The Morgan fingerprint density at radius 3 is 2.33 bits per heavy atom. The van der Waals surface area contributed by atoms with Gasteiger partial charge in [-0.3, -0.25) is 9.59 Å². The van der Waals surface area contributed by atoms with Gasteiger partial charge >= 0.3 is 12.1 Å². The maximum atomic E-state index is 13.9. The van der Waals surface area contributed by atoms with Crippen LogP contribution < -0.4 is 14.8 Å². The number of aromatic nitrogens is 2. The van der Waals surface area contributed by atoms with E-state index in [1.165, 1.54) is 11.1 Å². The fraction of sp³-hybridized carbons (Fsp3) is 0.412. The van der Waals surface area contributed by atoms with Gasteiger partial charge in [0.1, 0.15) is 23.6 Å². The number of rotatable bonds is 13. The molecule has 1 aromatic heterocycles. The zero-order valence-corrected chi connectivity index (χ0v) is 26.7. The summed E-state index contributed by atoms with van der Waals surface area (Å²) in [6.07, 6.45) is 3.26. The van der Waals surface area contributed by atoms with Gasteiger partial charge in [0.15, 0.2) is 12.4 Å². The van der Waals surface area contributed by atoms with E-state index in [0.717, 1.165) is 25.7 Å². The number of benzene rings is 2. The van der Waals surface area contributed by atoms with Crippen LogP contribution in [0.25, 0.3) is 11.4 Å². The van der Waals surface area contributed by atoms with Crippen LogP contribution in [-0.4, -0.2) is 101 Å². The van der Waals surface area contributed by atoms with Crippen LogP contribution in [-0.2, 0) is 25.6 Å². The topological polar surface area (TPSA) is 170 Å². The molecule has 48 heavy (non-hydrogen) atoms. The van der Waals surface area contributed by atoms with Crippen LogP contribution in [0.5, 0.6) is 11.6 Å². The lowest BCUT2D eigenvalue weighted by Crippen LogP contribution is -2.55. The Labute approximate surface area is 277 Å². The smallest absolute Gasteiger partial charge is 0.482 e. The third-order valence-electron chi connectivity index (χ3n) is 7.90. The van der Waals surface area contributed by atoms with E-state index in [1.54, 1.807) is 36.1 Å².